The summed E-state index contributed by atoms with van der Waals surface area (Å²) in [5.41, 5.74) is 7.78. The molecule has 1 rings (SSSR count). The number of hydrogen-bond acceptors (Lipinski definition) is 2. The molecule has 0 N–H and O–H groups in total. The second kappa shape index (κ2) is 4.13. The molecule has 0 radical (unpaired) electrons. The summed E-state index contributed by atoms with van der Waals surface area (Å²) in [5.74, 6) is -0.434. The summed E-state index contributed by atoms with van der Waals surface area (Å²) in [6.07, 6.45) is 2.25. The first kappa shape index (κ1) is 9.09. The number of Topliss-reactive ketones (excluding diaryl/α,β-unsaturated/α-hetero) is 1. The molecule has 1 heterocycles. The molecule has 66 valence electrons. The molecule has 5 heteroatoms. The van der Waals surface area contributed by atoms with E-state index in [2.05, 4.69) is 4.79 Å². The molecule has 0 bridgehead atoms. The normalized spacial score (nSPS) is 8.92. The van der Waals surface area contributed by atoms with Crippen LogP contribution < -0.4 is 5.56 Å². The summed E-state index contributed by atoms with van der Waals surface area (Å²) in [4.78, 5) is 24.5. The molecule has 5 nitrogen and oxygen atoms in total. The summed E-state index contributed by atoms with van der Waals surface area (Å²) in [5, 5.41) is 0. The average Bonchev–Trinajstić information content (AvgIpc) is 2.09. The molecule has 0 spiro atoms. The maximum Gasteiger partial charge on any atom is 0.325 e. The van der Waals surface area contributed by atoms with Crippen molar-refractivity contribution in [2.75, 3.05) is 0 Å². The van der Waals surface area contributed by atoms with E-state index in [9.17, 15) is 9.59 Å². The fourth-order valence-electron chi connectivity index (χ4n) is 0.864. The Morgan fingerprint density at radius 3 is 3.00 bits per heavy atom. The SMILES string of the molecule is [N-]=[N+]=CC(=O)Cn1ccccc1=O. The van der Waals surface area contributed by atoms with Crippen LogP contribution in [0.15, 0.2) is 29.2 Å². The first-order valence-corrected chi connectivity index (χ1v) is 3.60. The lowest BCUT2D eigenvalue weighted by molar-refractivity contribution is -0.116. The zero-order valence-electron chi connectivity index (χ0n) is 6.75. The van der Waals surface area contributed by atoms with Crippen molar-refractivity contribution in [1.29, 1.82) is 0 Å². The van der Waals surface area contributed by atoms with Crippen LogP contribution in [0.3, 0.4) is 0 Å². The van der Waals surface area contributed by atoms with Crippen LogP contribution in [0, 0.1) is 0 Å². The Hall–Kier alpha value is -2.00. The average molecular weight is 177 g/mol. The molecule has 0 unspecified atom stereocenters. The van der Waals surface area contributed by atoms with Crippen molar-refractivity contribution in [3.63, 3.8) is 0 Å². The smallest absolute Gasteiger partial charge is 0.325 e. The second-order valence-corrected chi connectivity index (χ2v) is 2.38. The van der Waals surface area contributed by atoms with Crippen molar-refractivity contribution in [3.8, 4) is 0 Å². The van der Waals surface area contributed by atoms with E-state index in [1.807, 2.05) is 0 Å². The molecule has 0 fully saturated rings. The molecular weight excluding hydrogens is 170 g/mol. The molecule has 0 amide bonds. The van der Waals surface area contributed by atoms with Crippen LogP contribution in [-0.4, -0.2) is 21.4 Å². The van der Waals surface area contributed by atoms with E-state index < -0.39 is 5.78 Å². The number of pyridine rings is 1. The molecule has 13 heavy (non-hydrogen) atoms. The molecule has 0 aromatic carbocycles. The van der Waals surface area contributed by atoms with Gasteiger partial charge in [-0.1, -0.05) is 6.07 Å². The Bertz CT molecular complexity index is 415. The molecule has 1 aromatic heterocycles. The van der Waals surface area contributed by atoms with Crippen molar-refractivity contribution in [2.24, 2.45) is 0 Å². The highest BCUT2D eigenvalue weighted by atomic mass is 16.1. The number of aromatic nitrogens is 1. The van der Waals surface area contributed by atoms with Crippen molar-refractivity contribution >= 4 is 12.0 Å². The monoisotopic (exact) mass is 177 g/mol. The molecule has 0 saturated heterocycles. The third-order valence-corrected chi connectivity index (χ3v) is 1.43. The van der Waals surface area contributed by atoms with Gasteiger partial charge < -0.3 is 10.1 Å². The van der Waals surface area contributed by atoms with Gasteiger partial charge in [0.15, 0.2) is 0 Å². The van der Waals surface area contributed by atoms with E-state index in [-0.39, 0.29) is 12.1 Å². The minimum atomic E-state index is -0.434. The van der Waals surface area contributed by atoms with Crippen molar-refractivity contribution in [2.45, 2.75) is 6.54 Å². The van der Waals surface area contributed by atoms with Gasteiger partial charge in [-0.3, -0.25) is 9.59 Å². The molecular formula is C8H7N3O2. The number of carbonyl (C=O) groups excluding carboxylic acids is 1. The van der Waals surface area contributed by atoms with Crippen LogP contribution in [-0.2, 0) is 11.3 Å². The van der Waals surface area contributed by atoms with E-state index in [4.69, 9.17) is 5.53 Å². The van der Waals surface area contributed by atoms with Crippen LogP contribution in [0.4, 0.5) is 0 Å². The standard InChI is InChI=1S/C8H7N3O2/c9-10-5-7(12)6-11-4-2-1-3-8(11)13/h1-5H,6H2. The zero-order chi connectivity index (χ0) is 9.68. The quantitative estimate of drug-likeness (QED) is 0.361. The van der Waals surface area contributed by atoms with Gasteiger partial charge in [0.25, 0.3) is 11.3 Å². The van der Waals surface area contributed by atoms with Gasteiger partial charge >= 0.3 is 6.21 Å². The van der Waals surface area contributed by atoms with Crippen molar-refractivity contribution in [3.05, 3.63) is 40.3 Å². The van der Waals surface area contributed by atoms with Crippen molar-refractivity contribution in [1.82, 2.24) is 4.57 Å². The lowest BCUT2D eigenvalue weighted by Gasteiger charge is -1.97. The predicted octanol–water partition coefficient (Wildman–Crippen LogP) is -0.282. The minimum absolute atomic E-state index is 0.107. The highest BCUT2D eigenvalue weighted by molar-refractivity contribution is 6.24. The van der Waals surface area contributed by atoms with Gasteiger partial charge in [0.05, 0.1) is 6.54 Å². The van der Waals surface area contributed by atoms with Gasteiger partial charge in [-0.15, -0.1) is 0 Å². The number of carbonyl (C=O) groups is 1. The van der Waals surface area contributed by atoms with Crippen LogP contribution in [0.5, 0.6) is 0 Å². The second-order valence-electron chi connectivity index (χ2n) is 2.38. The molecule has 0 atom stereocenters. The largest absolute Gasteiger partial charge is 0.361 e. The Morgan fingerprint density at radius 2 is 2.38 bits per heavy atom. The van der Waals surface area contributed by atoms with E-state index >= 15 is 0 Å². The lowest BCUT2D eigenvalue weighted by atomic mass is 10.4. The molecule has 0 aliphatic heterocycles. The molecule has 0 saturated carbocycles. The third kappa shape index (κ3) is 2.50. The first-order valence-electron chi connectivity index (χ1n) is 3.60. The number of nitrogens with zero attached hydrogens (tertiary/aromatic N) is 3. The fraction of sp³-hybridized carbons (Fsp3) is 0.125. The Balaban J connectivity index is 2.86. The molecule has 1 aromatic rings. The predicted molar refractivity (Wildman–Crippen MR) is 45.4 cm³/mol. The summed E-state index contributed by atoms with van der Waals surface area (Å²) in [6, 6.07) is 4.58. The van der Waals surface area contributed by atoms with Crippen LogP contribution >= 0.6 is 0 Å². The first-order chi connectivity index (χ1) is 6.24. The van der Waals surface area contributed by atoms with E-state index in [0.717, 1.165) is 6.21 Å². The summed E-state index contributed by atoms with van der Waals surface area (Å²) in [7, 11) is 0. The van der Waals surface area contributed by atoms with Crippen LogP contribution in [0.25, 0.3) is 5.53 Å². The summed E-state index contributed by atoms with van der Waals surface area (Å²) in [6.45, 7) is -0.107. The maximum atomic E-state index is 11.1. The number of rotatable bonds is 3. The fourth-order valence-corrected chi connectivity index (χ4v) is 0.864. The number of hydrogen-bond donors (Lipinski definition) is 0. The zero-order valence-corrected chi connectivity index (χ0v) is 6.75. The lowest BCUT2D eigenvalue weighted by Crippen LogP contribution is -2.23. The van der Waals surface area contributed by atoms with Gasteiger partial charge in [-0.25, -0.2) is 0 Å². The third-order valence-electron chi connectivity index (χ3n) is 1.43. The maximum absolute atomic E-state index is 11.1. The molecule has 0 aliphatic carbocycles. The number of ketones is 1. The van der Waals surface area contributed by atoms with Gasteiger partial charge in [0.2, 0.25) is 0 Å². The van der Waals surface area contributed by atoms with Crippen LogP contribution in [0.1, 0.15) is 0 Å². The summed E-state index contributed by atoms with van der Waals surface area (Å²) < 4.78 is 1.23. The van der Waals surface area contributed by atoms with E-state index in [0.29, 0.717) is 0 Å². The molecule has 0 aliphatic rings. The van der Waals surface area contributed by atoms with Crippen LogP contribution in [0.2, 0.25) is 0 Å². The highest BCUT2D eigenvalue weighted by Gasteiger charge is 2.03. The van der Waals surface area contributed by atoms with E-state index in [1.165, 1.54) is 16.8 Å². The Kier molecular flexibility index (Phi) is 2.89. The Morgan fingerprint density at radius 1 is 1.62 bits per heavy atom. The van der Waals surface area contributed by atoms with Gasteiger partial charge in [0, 0.05) is 12.3 Å². The highest BCUT2D eigenvalue weighted by Crippen LogP contribution is 1.81. The van der Waals surface area contributed by atoms with Crippen molar-refractivity contribution < 1.29 is 9.58 Å². The van der Waals surface area contributed by atoms with E-state index in [1.54, 1.807) is 12.1 Å². The summed E-state index contributed by atoms with van der Waals surface area (Å²) >= 11 is 0. The van der Waals surface area contributed by atoms with Gasteiger partial charge in [-0.05, 0) is 6.07 Å². The van der Waals surface area contributed by atoms with Gasteiger partial charge in [-0.2, -0.15) is 4.79 Å². The van der Waals surface area contributed by atoms with Gasteiger partial charge in [0.1, 0.15) is 0 Å². The Labute approximate surface area is 73.9 Å². The minimum Gasteiger partial charge on any atom is -0.361 e. The topological polar surface area (TPSA) is 75.5 Å².